The maximum absolute atomic E-state index is 5.83. The highest BCUT2D eigenvalue weighted by Gasteiger charge is 2.19. The molecule has 1 N–H and O–H groups in total. The number of hydrogen-bond acceptors (Lipinski definition) is 4. The summed E-state index contributed by atoms with van der Waals surface area (Å²) in [6.07, 6.45) is 2.71. The van der Waals surface area contributed by atoms with Crippen LogP contribution in [0.5, 0.6) is 0 Å². The summed E-state index contributed by atoms with van der Waals surface area (Å²) in [6, 6.07) is 2.77. The highest BCUT2D eigenvalue weighted by atomic mass is 32.2. The Labute approximate surface area is 125 Å². The lowest BCUT2D eigenvalue weighted by Crippen LogP contribution is -2.26. The Morgan fingerprint density at radius 1 is 1.42 bits per heavy atom. The number of ether oxygens (including phenoxy) is 1. The predicted octanol–water partition coefficient (Wildman–Crippen LogP) is 4.00. The zero-order valence-corrected chi connectivity index (χ0v) is 13.8. The molecule has 0 amide bonds. The van der Waals surface area contributed by atoms with E-state index in [1.54, 1.807) is 10.4 Å². The molecule has 2 heterocycles. The van der Waals surface area contributed by atoms with Crippen LogP contribution in [0.4, 0.5) is 0 Å². The Bertz CT molecular complexity index is 366. The van der Waals surface area contributed by atoms with Crippen LogP contribution in [0.2, 0.25) is 0 Å². The minimum absolute atomic E-state index is 0.302. The first-order valence-electron chi connectivity index (χ1n) is 7.25. The van der Waals surface area contributed by atoms with Crippen LogP contribution in [-0.2, 0) is 16.9 Å². The first-order valence-corrected chi connectivity index (χ1v) is 9.22. The average molecular weight is 300 g/mol. The molecule has 0 saturated carbocycles. The lowest BCUT2D eigenvalue weighted by atomic mass is 10.2. The second-order valence-electron chi connectivity index (χ2n) is 5.29. The molecule has 1 unspecified atom stereocenters. The summed E-state index contributed by atoms with van der Waals surface area (Å²) >= 11 is 4.04. The molecule has 1 aromatic heterocycles. The molecule has 1 atom stereocenters. The summed E-state index contributed by atoms with van der Waals surface area (Å²) in [5, 5.41) is 3.63. The number of nitrogens with one attached hydrogen (secondary N) is 1. The van der Waals surface area contributed by atoms with E-state index in [1.807, 2.05) is 11.3 Å². The highest BCUT2D eigenvalue weighted by molar-refractivity contribution is 7.98. The van der Waals surface area contributed by atoms with Gasteiger partial charge >= 0.3 is 0 Å². The Morgan fingerprint density at radius 2 is 2.26 bits per heavy atom. The van der Waals surface area contributed by atoms with Gasteiger partial charge in [-0.1, -0.05) is 6.92 Å². The number of hydrogen-bond donors (Lipinski definition) is 1. The first kappa shape index (κ1) is 15.4. The molecule has 1 aliphatic rings. The predicted molar refractivity (Wildman–Crippen MR) is 86.3 cm³/mol. The van der Waals surface area contributed by atoms with Crippen LogP contribution >= 0.6 is 23.1 Å². The van der Waals surface area contributed by atoms with E-state index >= 15 is 0 Å². The van der Waals surface area contributed by atoms with Crippen LogP contribution in [0.3, 0.4) is 0 Å². The SMILES string of the molecule is CCCNC(COC(C)C)c1cc2c(s1)CCSC2. The third kappa shape index (κ3) is 4.48. The van der Waals surface area contributed by atoms with Gasteiger partial charge in [-0.05, 0) is 50.6 Å². The Hall–Kier alpha value is -0.0300. The summed E-state index contributed by atoms with van der Waals surface area (Å²) in [5.74, 6) is 2.47. The van der Waals surface area contributed by atoms with Crippen molar-refractivity contribution in [1.82, 2.24) is 5.32 Å². The standard InChI is InChI=1S/C15H25NOS2/c1-4-6-16-13(9-17-11(2)3)15-8-12-10-18-7-5-14(12)19-15/h8,11,13,16H,4-7,9-10H2,1-3H3. The van der Waals surface area contributed by atoms with Crippen molar-refractivity contribution in [3.63, 3.8) is 0 Å². The summed E-state index contributed by atoms with van der Waals surface area (Å²) in [6.45, 7) is 8.26. The fraction of sp³-hybridized carbons (Fsp3) is 0.733. The van der Waals surface area contributed by atoms with Crippen LogP contribution < -0.4 is 5.32 Å². The van der Waals surface area contributed by atoms with E-state index in [-0.39, 0.29) is 0 Å². The summed E-state index contributed by atoms with van der Waals surface area (Å²) < 4.78 is 5.83. The first-order chi connectivity index (χ1) is 9.20. The quantitative estimate of drug-likeness (QED) is 0.822. The molecule has 2 rings (SSSR count). The van der Waals surface area contributed by atoms with Gasteiger partial charge in [-0.15, -0.1) is 11.3 Å². The van der Waals surface area contributed by atoms with Gasteiger partial charge in [0, 0.05) is 15.5 Å². The van der Waals surface area contributed by atoms with Gasteiger partial charge in [0.2, 0.25) is 0 Å². The Balaban J connectivity index is 2.05. The second-order valence-corrected chi connectivity index (χ2v) is 7.56. The van der Waals surface area contributed by atoms with Gasteiger partial charge in [0.05, 0.1) is 18.8 Å². The molecule has 108 valence electrons. The van der Waals surface area contributed by atoms with E-state index in [0.29, 0.717) is 12.1 Å². The van der Waals surface area contributed by atoms with E-state index in [4.69, 9.17) is 4.74 Å². The normalized spacial score (nSPS) is 16.6. The van der Waals surface area contributed by atoms with Gasteiger partial charge in [0.1, 0.15) is 0 Å². The number of fused-ring (bicyclic) bond motifs is 1. The molecule has 1 aliphatic heterocycles. The zero-order chi connectivity index (χ0) is 13.7. The topological polar surface area (TPSA) is 21.3 Å². The van der Waals surface area contributed by atoms with Crippen molar-refractivity contribution < 1.29 is 4.74 Å². The molecule has 4 heteroatoms. The monoisotopic (exact) mass is 299 g/mol. The molecular formula is C15H25NOS2. The van der Waals surface area contributed by atoms with Crippen molar-refractivity contribution in [3.05, 3.63) is 21.4 Å². The van der Waals surface area contributed by atoms with E-state index in [1.165, 1.54) is 29.2 Å². The molecular weight excluding hydrogens is 274 g/mol. The van der Waals surface area contributed by atoms with Crippen molar-refractivity contribution in [2.24, 2.45) is 0 Å². The van der Waals surface area contributed by atoms with Crippen molar-refractivity contribution in [1.29, 1.82) is 0 Å². The maximum atomic E-state index is 5.83. The zero-order valence-electron chi connectivity index (χ0n) is 12.2. The highest BCUT2D eigenvalue weighted by Crippen LogP contribution is 2.34. The molecule has 0 bridgehead atoms. The van der Waals surface area contributed by atoms with Gasteiger partial charge in [-0.3, -0.25) is 0 Å². The van der Waals surface area contributed by atoms with E-state index in [2.05, 4.69) is 43.9 Å². The summed E-state index contributed by atoms with van der Waals surface area (Å²) in [5.41, 5.74) is 1.56. The average Bonchev–Trinajstić information content (AvgIpc) is 2.82. The van der Waals surface area contributed by atoms with Gasteiger partial charge in [-0.25, -0.2) is 0 Å². The lowest BCUT2D eigenvalue weighted by molar-refractivity contribution is 0.0618. The van der Waals surface area contributed by atoms with E-state index < -0.39 is 0 Å². The molecule has 1 aromatic rings. The smallest absolute Gasteiger partial charge is 0.0672 e. The van der Waals surface area contributed by atoms with E-state index in [0.717, 1.165) is 13.2 Å². The van der Waals surface area contributed by atoms with Gasteiger partial charge in [-0.2, -0.15) is 11.8 Å². The minimum atomic E-state index is 0.302. The fourth-order valence-electron chi connectivity index (χ4n) is 2.19. The molecule has 0 aliphatic carbocycles. The number of thiophene rings is 1. The number of rotatable bonds is 7. The van der Waals surface area contributed by atoms with Crippen LogP contribution in [0.1, 0.15) is 48.6 Å². The van der Waals surface area contributed by atoms with Crippen LogP contribution in [0.25, 0.3) is 0 Å². The summed E-state index contributed by atoms with van der Waals surface area (Å²) in [4.78, 5) is 3.06. The largest absolute Gasteiger partial charge is 0.377 e. The maximum Gasteiger partial charge on any atom is 0.0672 e. The van der Waals surface area contributed by atoms with Crippen LogP contribution in [-0.4, -0.2) is 25.0 Å². The third-order valence-electron chi connectivity index (χ3n) is 3.23. The number of aryl methyl sites for hydroxylation is 1. The van der Waals surface area contributed by atoms with Crippen molar-refractivity contribution in [3.8, 4) is 0 Å². The van der Waals surface area contributed by atoms with Crippen molar-refractivity contribution in [2.45, 2.75) is 51.5 Å². The molecule has 19 heavy (non-hydrogen) atoms. The molecule has 0 aromatic carbocycles. The molecule has 2 nitrogen and oxygen atoms in total. The van der Waals surface area contributed by atoms with Crippen LogP contribution in [0, 0.1) is 0 Å². The molecule has 0 spiro atoms. The Kier molecular flexibility index (Phi) is 6.20. The third-order valence-corrected chi connectivity index (χ3v) is 5.59. The van der Waals surface area contributed by atoms with Gasteiger partial charge < -0.3 is 10.1 Å². The number of thioether (sulfide) groups is 1. The van der Waals surface area contributed by atoms with Gasteiger partial charge in [0.15, 0.2) is 0 Å². The molecule has 0 saturated heterocycles. The van der Waals surface area contributed by atoms with Crippen molar-refractivity contribution >= 4 is 23.1 Å². The second kappa shape index (κ2) is 7.67. The minimum Gasteiger partial charge on any atom is -0.377 e. The van der Waals surface area contributed by atoms with E-state index in [9.17, 15) is 0 Å². The van der Waals surface area contributed by atoms with Crippen molar-refractivity contribution in [2.75, 3.05) is 18.9 Å². The van der Waals surface area contributed by atoms with Gasteiger partial charge in [0.25, 0.3) is 0 Å². The lowest BCUT2D eigenvalue weighted by Gasteiger charge is -2.18. The Morgan fingerprint density at radius 3 is 2.95 bits per heavy atom. The molecule has 0 radical (unpaired) electrons. The summed E-state index contributed by atoms with van der Waals surface area (Å²) in [7, 11) is 0. The van der Waals surface area contributed by atoms with Crippen LogP contribution in [0.15, 0.2) is 6.07 Å². The molecule has 0 fully saturated rings. The fourth-order valence-corrected chi connectivity index (χ4v) is 4.63.